The van der Waals surface area contributed by atoms with Crippen molar-refractivity contribution < 1.29 is 19.4 Å². The van der Waals surface area contributed by atoms with Crippen molar-refractivity contribution in [1.82, 2.24) is 9.88 Å². The SMILES string of the molecule is COC(CNC(=O)c1cc(Cl)cn1C)CC(=O)O. The zero-order valence-electron chi connectivity index (χ0n) is 10.1. The second-order valence-electron chi connectivity index (χ2n) is 3.82. The molecule has 1 aromatic heterocycles. The maximum Gasteiger partial charge on any atom is 0.306 e. The van der Waals surface area contributed by atoms with Crippen molar-refractivity contribution in [3.63, 3.8) is 0 Å². The van der Waals surface area contributed by atoms with Gasteiger partial charge in [-0.2, -0.15) is 0 Å². The molecule has 0 aliphatic heterocycles. The normalized spacial score (nSPS) is 12.2. The number of carboxylic acids is 1. The van der Waals surface area contributed by atoms with Crippen LogP contribution in [0.15, 0.2) is 12.3 Å². The van der Waals surface area contributed by atoms with Crippen LogP contribution in [-0.2, 0) is 16.6 Å². The minimum absolute atomic E-state index is 0.129. The van der Waals surface area contributed by atoms with Crippen LogP contribution in [0.3, 0.4) is 0 Å². The molecule has 1 heterocycles. The summed E-state index contributed by atoms with van der Waals surface area (Å²) in [7, 11) is 3.10. The number of nitrogens with zero attached hydrogens (tertiary/aromatic N) is 1. The van der Waals surface area contributed by atoms with Gasteiger partial charge in [0.1, 0.15) is 5.69 Å². The number of aryl methyl sites for hydroxylation is 1. The van der Waals surface area contributed by atoms with E-state index >= 15 is 0 Å². The fourth-order valence-corrected chi connectivity index (χ4v) is 1.73. The molecule has 7 heteroatoms. The molecule has 0 aliphatic carbocycles. The molecule has 0 bridgehead atoms. The van der Waals surface area contributed by atoms with Crippen molar-refractivity contribution in [2.45, 2.75) is 12.5 Å². The summed E-state index contributed by atoms with van der Waals surface area (Å²) in [5.41, 5.74) is 0.408. The monoisotopic (exact) mass is 274 g/mol. The van der Waals surface area contributed by atoms with Crippen LogP contribution in [0.4, 0.5) is 0 Å². The standard InChI is InChI=1S/C11H15ClN2O4/c1-14-6-7(12)3-9(14)11(17)13-5-8(18-2)4-10(15)16/h3,6,8H,4-5H2,1-2H3,(H,13,17)(H,15,16). The van der Waals surface area contributed by atoms with E-state index in [0.717, 1.165) is 0 Å². The first-order chi connectivity index (χ1) is 8.43. The number of amides is 1. The van der Waals surface area contributed by atoms with E-state index in [1.54, 1.807) is 17.8 Å². The number of carboxylic acid groups (broad SMARTS) is 1. The quantitative estimate of drug-likeness (QED) is 0.808. The predicted octanol–water partition coefficient (Wildman–Crippen LogP) is 0.898. The van der Waals surface area contributed by atoms with E-state index in [-0.39, 0.29) is 18.9 Å². The number of rotatable bonds is 6. The van der Waals surface area contributed by atoms with E-state index < -0.39 is 12.1 Å². The van der Waals surface area contributed by atoms with Gasteiger partial charge in [0.2, 0.25) is 0 Å². The smallest absolute Gasteiger partial charge is 0.306 e. The number of aliphatic carboxylic acids is 1. The molecule has 18 heavy (non-hydrogen) atoms. The van der Waals surface area contributed by atoms with Crippen LogP contribution in [0.2, 0.25) is 5.02 Å². The van der Waals surface area contributed by atoms with Gasteiger partial charge in [-0.15, -0.1) is 0 Å². The molecular weight excluding hydrogens is 260 g/mol. The fourth-order valence-electron chi connectivity index (χ4n) is 1.48. The van der Waals surface area contributed by atoms with Gasteiger partial charge in [0.25, 0.3) is 5.91 Å². The lowest BCUT2D eigenvalue weighted by atomic mass is 10.2. The number of hydrogen-bond acceptors (Lipinski definition) is 3. The van der Waals surface area contributed by atoms with Crippen LogP contribution >= 0.6 is 11.6 Å². The number of methoxy groups -OCH3 is 1. The van der Waals surface area contributed by atoms with E-state index in [2.05, 4.69) is 5.32 Å². The Kier molecular flexibility index (Phi) is 5.18. The van der Waals surface area contributed by atoms with Gasteiger partial charge in [0.05, 0.1) is 17.5 Å². The minimum atomic E-state index is -0.974. The Bertz CT molecular complexity index is 444. The van der Waals surface area contributed by atoms with Gasteiger partial charge in [0, 0.05) is 26.9 Å². The first-order valence-electron chi connectivity index (χ1n) is 5.28. The summed E-state index contributed by atoms with van der Waals surface area (Å²) in [5.74, 6) is -1.30. The summed E-state index contributed by atoms with van der Waals surface area (Å²) in [4.78, 5) is 22.3. The molecule has 2 N–H and O–H groups in total. The highest BCUT2D eigenvalue weighted by molar-refractivity contribution is 6.31. The van der Waals surface area contributed by atoms with Crippen molar-refractivity contribution in [3.05, 3.63) is 23.0 Å². The Hall–Kier alpha value is -1.53. The second-order valence-corrected chi connectivity index (χ2v) is 4.26. The van der Waals surface area contributed by atoms with Gasteiger partial charge in [-0.1, -0.05) is 11.6 Å². The maximum absolute atomic E-state index is 11.8. The summed E-state index contributed by atoms with van der Waals surface area (Å²) >= 11 is 5.77. The average Bonchev–Trinajstić information content (AvgIpc) is 2.62. The highest BCUT2D eigenvalue weighted by Gasteiger charge is 2.16. The van der Waals surface area contributed by atoms with E-state index in [4.69, 9.17) is 21.4 Å². The number of carbonyl (C=O) groups excluding carboxylic acids is 1. The van der Waals surface area contributed by atoms with Crippen LogP contribution in [0.1, 0.15) is 16.9 Å². The molecule has 0 spiro atoms. The molecule has 0 fully saturated rings. The largest absolute Gasteiger partial charge is 0.481 e. The van der Waals surface area contributed by atoms with Gasteiger partial charge < -0.3 is 19.7 Å². The van der Waals surface area contributed by atoms with Crippen molar-refractivity contribution in [1.29, 1.82) is 0 Å². The summed E-state index contributed by atoms with van der Waals surface area (Å²) in [6.07, 6.45) is 0.897. The van der Waals surface area contributed by atoms with Gasteiger partial charge in [-0.05, 0) is 6.07 Å². The molecule has 1 rings (SSSR count). The minimum Gasteiger partial charge on any atom is -0.481 e. The molecular formula is C11H15ClN2O4. The number of halogens is 1. The molecule has 0 aromatic carbocycles. The van der Waals surface area contributed by atoms with Gasteiger partial charge >= 0.3 is 5.97 Å². The predicted molar refractivity (Wildman–Crippen MR) is 65.8 cm³/mol. The third-order valence-electron chi connectivity index (χ3n) is 2.43. The van der Waals surface area contributed by atoms with Crippen LogP contribution in [-0.4, -0.2) is 41.3 Å². The fraction of sp³-hybridized carbons (Fsp3) is 0.455. The van der Waals surface area contributed by atoms with E-state index in [0.29, 0.717) is 10.7 Å². The maximum atomic E-state index is 11.8. The highest BCUT2D eigenvalue weighted by atomic mass is 35.5. The van der Waals surface area contributed by atoms with E-state index in [1.165, 1.54) is 13.2 Å². The molecule has 1 amide bonds. The van der Waals surface area contributed by atoms with Crippen LogP contribution in [0.25, 0.3) is 0 Å². The Morgan fingerprint density at radius 1 is 1.61 bits per heavy atom. The molecule has 6 nitrogen and oxygen atoms in total. The van der Waals surface area contributed by atoms with Crippen LogP contribution in [0, 0.1) is 0 Å². The third-order valence-corrected chi connectivity index (χ3v) is 2.64. The highest BCUT2D eigenvalue weighted by Crippen LogP contribution is 2.12. The Labute approximate surface area is 109 Å². The first kappa shape index (κ1) is 14.5. The lowest BCUT2D eigenvalue weighted by Crippen LogP contribution is -2.35. The number of carbonyl (C=O) groups is 2. The molecule has 0 aliphatic rings. The second kappa shape index (κ2) is 6.42. The molecule has 1 atom stereocenters. The zero-order valence-corrected chi connectivity index (χ0v) is 10.9. The first-order valence-corrected chi connectivity index (χ1v) is 5.66. The molecule has 0 saturated heterocycles. The van der Waals surface area contributed by atoms with Gasteiger partial charge in [-0.25, -0.2) is 0 Å². The van der Waals surface area contributed by atoms with Crippen LogP contribution < -0.4 is 5.32 Å². The number of ether oxygens (including phenoxy) is 1. The van der Waals surface area contributed by atoms with Crippen molar-refractivity contribution >= 4 is 23.5 Å². The molecule has 100 valence electrons. The Morgan fingerprint density at radius 3 is 2.72 bits per heavy atom. The van der Waals surface area contributed by atoms with Gasteiger partial charge in [0.15, 0.2) is 0 Å². The van der Waals surface area contributed by atoms with Crippen molar-refractivity contribution in [2.75, 3.05) is 13.7 Å². The average molecular weight is 275 g/mol. The lowest BCUT2D eigenvalue weighted by Gasteiger charge is -2.14. The zero-order chi connectivity index (χ0) is 13.7. The van der Waals surface area contributed by atoms with Crippen molar-refractivity contribution in [2.24, 2.45) is 7.05 Å². The number of hydrogen-bond donors (Lipinski definition) is 2. The van der Waals surface area contributed by atoms with E-state index in [9.17, 15) is 9.59 Å². The Morgan fingerprint density at radius 2 is 2.28 bits per heavy atom. The molecule has 0 saturated carbocycles. The van der Waals surface area contributed by atoms with Crippen LogP contribution in [0.5, 0.6) is 0 Å². The number of aromatic nitrogens is 1. The summed E-state index contributed by atoms with van der Waals surface area (Å²) in [6, 6.07) is 1.54. The van der Waals surface area contributed by atoms with Gasteiger partial charge in [-0.3, -0.25) is 9.59 Å². The van der Waals surface area contributed by atoms with Crippen molar-refractivity contribution in [3.8, 4) is 0 Å². The topological polar surface area (TPSA) is 80.6 Å². The molecule has 1 unspecified atom stereocenters. The molecule has 1 aromatic rings. The summed E-state index contributed by atoms with van der Waals surface area (Å²) < 4.78 is 6.55. The molecule has 0 radical (unpaired) electrons. The summed E-state index contributed by atoms with van der Waals surface area (Å²) in [6.45, 7) is 0.129. The Balaban J connectivity index is 2.55. The number of nitrogens with one attached hydrogen (secondary N) is 1. The summed E-state index contributed by atoms with van der Waals surface area (Å²) in [5, 5.41) is 11.7. The third kappa shape index (κ3) is 4.05. The van der Waals surface area contributed by atoms with E-state index in [1.807, 2.05) is 0 Å². The lowest BCUT2D eigenvalue weighted by molar-refractivity contribution is -0.139.